The molecule has 0 radical (unpaired) electrons. The van der Waals surface area contributed by atoms with Crippen LogP contribution in [0.3, 0.4) is 0 Å². The summed E-state index contributed by atoms with van der Waals surface area (Å²) in [4.78, 5) is 0. The zero-order valence-corrected chi connectivity index (χ0v) is 8.49. The van der Waals surface area contributed by atoms with Crippen molar-refractivity contribution in [3.8, 4) is 0 Å². The lowest BCUT2D eigenvalue weighted by molar-refractivity contribution is 0.383. The van der Waals surface area contributed by atoms with Crippen LogP contribution in [0, 0.1) is 18.8 Å². The summed E-state index contributed by atoms with van der Waals surface area (Å²) in [5, 5.41) is 7.56. The SMILES string of the molecule is Cc1cc(CNC2CCC3CC32)no1. The van der Waals surface area contributed by atoms with E-state index in [2.05, 4.69) is 10.5 Å². The average molecular weight is 192 g/mol. The maximum absolute atomic E-state index is 5.03. The molecule has 0 spiro atoms. The van der Waals surface area contributed by atoms with Crippen LogP contribution >= 0.6 is 0 Å². The number of fused-ring (bicyclic) bond motifs is 1. The third-order valence-electron chi connectivity index (χ3n) is 3.56. The molecule has 2 saturated carbocycles. The van der Waals surface area contributed by atoms with Gasteiger partial charge in [0.05, 0.1) is 5.69 Å². The molecule has 1 heterocycles. The highest BCUT2D eigenvalue weighted by Crippen LogP contribution is 2.51. The van der Waals surface area contributed by atoms with Gasteiger partial charge in [-0.3, -0.25) is 0 Å². The van der Waals surface area contributed by atoms with Crippen molar-refractivity contribution in [3.05, 3.63) is 17.5 Å². The molecule has 2 aliphatic carbocycles. The van der Waals surface area contributed by atoms with Gasteiger partial charge in [-0.15, -0.1) is 0 Å². The Morgan fingerprint density at radius 2 is 2.50 bits per heavy atom. The molecule has 3 rings (SSSR count). The second-order valence-corrected chi connectivity index (χ2v) is 4.65. The van der Waals surface area contributed by atoms with Crippen LogP contribution in [0.25, 0.3) is 0 Å². The van der Waals surface area contributed by atoms with E-state index in [9.17, 15) is 0 Å². The van der Waals surface area contributed by atoms with Crippen molar-refractivity contribution in [2.24, 2.45) is 11.8 Å². The monoisotopic (exact) mass is 192 g/mol. The van der Waals surface area contributed by atoms with E-state index in [1.165, 1.54) is 19.3 Å². The summed E-state index contributed by atoms with van der Waals surface area (Å²) in [5.74, 6) is 2.92. The largest absolute Gasteiger partial charge is 0.361 e. The molecule has 0 aromatic carbocycles. The molecule has 1 aromatic rings. The highest BCUT2D eigenvalue weighted by Gasteiger charge is 2.47. The summed E-state index contributed by atoms with van der Waals surface area (Å²) in [6.45, 7) is 2.80. The van der Waals surface area contributed by atoms with E-state index in [1.54, 1.807) is 0 Å². The average Bonchev–Trinajstić information content (AvgIpc) is 2.66. The fourth-order valence-electron chi connectivity index (χ4n) is 2.69. The Bertz CT molecular complexity index is 334. The van der Waals surface area contributed by atoms with Gasteiger partial charge in [0.25, 0.3) is 0 Å². The number of nitrogens with zero attached hydrogens (tertiary/aromatic N) is 1. The van der Waals surface area contributed by atoms with E-state index in [-0.39, 0.29) is 0 Å². The van der Waals surface area contributed by atoms with Gasteiger partial charge in [-0.2, -0.15) is 0 Å². The molecule has 76 valence electrons. The quantitative estimate of drug-likeness (QED) is 0.794. The van der Waals surface area contributed by atoms with E-state index < -0.39 is 0 Å². The van der Waals surface area contributed by atoms with Crippen LogP contribution in [0.4, 0.5) is 0 Å². The number of hydrogen-bond acceptors (Lipinski definition) is 3. The number of rotatable bonds is 3. The van der Waals surface area contributed by atoms with Crippen LogP contribution in [-0.4, -0.2) is 11.2 Å². The van der Waals surface area contributed by atoms with Gasteiger partial charge in [-0.25, -0.2) is 0 Å². The Labute approximate surface area is 83.9 Å². The molecule has 3 heteroatoms. The molecular formula is C11H16N2O. The molecule has 0 saturated heterocycles. The van der Waals surface area contributed by atoms with Crippen molar-refractivity contribution in [1.29, 1.82) is 0 Å². The van der Waals surface area contributed by atoms with Crippen LogP contribution in [0.15, 0.2) is 10.6 Å². The van der Waals surface area contributed by atoms with Gasteiger partial charge in [0.2, 0.25) is 0 Å². The van der Waals surface area contributed by atoms with Crippen LogP contribution in [0.5, 0.6) is 0 Å². The molecule has 1 N–H and O–H groups in total. The van der Waals surface area contributed by atoms with Gasteiger partial charge in [-0.05, 0) is 38.0 Å². The Morgan fingerprint density at radius 3 is 3.07 bits per heavy atom. The van der Waals surface area contributed by atoms with Crippen LogP contribution in [-0.2, 0) is 6.54 Å². The van der Waals surface area contributed by atoms with E-state index in [0.29, 0.717) is 0 Å². The first kappa shape index (κ1) is 8.48. The maximum Gasteiger partial charge on any atom is 0.133 e. The zero-order chi connectivity index (χ0) is 9.54. The predicted octanol–water partition coefficient (Wildman–Crippen LogP) is 1.87. The topological polar surface area (TPSA) is 38.1 Å². The molecular weight excluding hydrogens is 176 g/mol. The van der Waals surface area contributed by atoms with Crippen LogP contribution in [0.1, 0.15) is 30.7 Å². The lowest BCUT2D eigenvalue weighted by Crippen LogP contribution is -2.28. The van der Waals surface area contributed by atoms with E-state index in [1.807, 2.05) is 13.0 Å². The summed E-state index contributed by atoms with van der Waals surface area (Å²) >= 11 is 0. The molecule has 3 unspecified atom stereocenters. The zero-order valence-electron chi connectivity index (χ0n) is 8.49. The molecule has 1 aromatic heterocycles. The van der Waals surface area contributed by atoms with Crippen molar-refractivity contribution in [1.82, 2.24) is 10.5 Å². The molecule has 14 heavy (non-hydrogen) atoms. The minimum absolute atomic E-state index is 0.747. The molecule has 2 aliphatic rings. The predicted molar refractivity (Wildman–Crippen MR) is 52.7 cm³/mol. The Hall–Kier alpha value is -0.830. The van der Waals surface area contributed by atoms with Gasteiger partial charge < -0.3 is 9.84 Å². The first-order valence-electron chi connectivity index (χ1n) is 5.48. The number of hydrogen-bond donors (Lipinski definition) is 1. The summed E-state index contributed by atoms with van der Waals surface area (Å²) in [6, 6.07) is 2.75. The van der Waals surface area contributed by atoms with E-state index in [0.717, 1.165) is 35.9 Å². The van der Waals surface area contributed by atoms with Crippen LogP contribution < -0.4 is 5.32 Å². The first-order valence-corrected chi connectivity index (χ1v) is 5.48. The highest BCUT2D eigenvalue weighted by atomic mass is 16.5. The smallest absolute Gasteiger partial charge is 0.133 e. The van der Waals surface area contributed by atoms with Gasteiger partial charge in [0.15, 0.2) is 0 Å². The molecule has 3 atom stereocenters. The van der Waals surface area contributed by atoms with Crippen molar-refractivity contribution >= 4 is 0 Å². The molecule has 2 fully saturated rings. The van der Waals surface area contributed by atoms with Gasteiger partial charge in [0.1, 0.15) is 5.76 Å². The summed E-state index contributed by atoms with van der Waals surface area (Å²) in [5.41, 5.74) is 1.03. The standard InChI is InChI=1S/C11H16N2O/c1-7-4-9(13-14-7)6-12-11-3-2-8-5-10(8)11/h4,8,10-12H,2-3,5-6H2,1H3. The molecule has 0 amide bonds. The highest BCUT2D eigenvalue weighted by molar-refractivity contribution is 5.05. The van der Waals surface area contributed by atoms with Crippen molar-refractivity contribution in [2.75, 3.05) is 0 Å². The minimum atomic E-state index is 0.747. The van der Waals surface area contributed by atoms with E-state index >= 15 is 0 Å². The molecule has 3 nitrogen and oxygen atoms in total. The van der Waals surface area contributed by atoms with E-state index in [4.69, 9.17) is 4.52 Å². The number of aromatic nitrogens is 1. The lowest BCUT2D eigenvalue weighted by atomic mass is 10.1. The fraction of sp³-hybridized carbons (Fsp3) is 0.727. The third kappa shape index (κ3) is 1.46. The number of nitrogens with one attached hydrogen (secondary N) is 1. The first-order chi connectivity index (χ1) is 6.83. The second-order valence-electron chi connectivity index (χ2n) is 4.65. The Balaban J connectivity index is 1.54. The molecule has 0 bridgehead atoms. The van der Waals surface area contributed by atoms with Crippen molar-refractivity contribution in [2.45, 2.75) is 38.8 Å². The number of aryl methyl sites for hydroxylation is 1. The summed E-state index contributed by atoms with van der Waals surface area (Å²) in [6.07, 6.45) is 4.24. The van der Waals surface area contributed by atoms with Crippen molar-refractivity contribution in [3.63, 3.8) is 0 Å². The van der Waals surface area contributed by atoms with Crippen LogP contribution in [0.2, 0.25) is 0 Å². The maximum atomic E-state index is 5.03. The Kier molecular flexibility index (Phi) is 1.87. The van der Waals surface area contributed by atoms with Gasteiger partial charge >= 0.3 is 0 Å². The fourth-order valence-corrected chi connectivity index (χ4v) is 2.69. The minimum Gasteiger partial charge on any atom is -0.361 e. The lowest BCUT2D eigenvalue weighted by Gasteiger charge is -2.12. The van der Waals surface area contributed by atoms with Crippen molar-refractivity contribution < 1.29 is 4.52 Å². The third-order valence-corrected chi connectivity index (χ3v) is 3.56. The second kappa shape index (κ2) is 3.09. The van der Waals surface area contributed by atoms with Gasteiger partial charge in [0, 0.05) is 18.7 Å². The normalized spacial score (nSPS) is 34.5. The Morgan fingerprint density at radius 1 is 1.57 bits per heavy atom. The summed E-state index contributed by atoms with van der Waals surface area (Å²) < 4.78 is 5.03. The molecule has 0 aliphatic heterocycles. The summed E-state index contributed by atoms with van der Waals surface area (Å²) in [7, 11) is 0. The van der Waals surface area contributed by atoms with Gasteiger partial charge in [-0.1, -0.05) is 5.16 Å².